The molecule has 1 aliphatic heterocycles. The van der Waals surface area contributed by atoms with Gasteiger partial charge in [-0.2, -0.15) is 0 Å². The van der Waals surface area contributed by atoms with Gasteiger partial charge in [0.15, 0.2) is 11.5 Å². The highest BCUT2D eigenvalue weighted by molar-refractivity contribution is 5.43. The summed E-state index contributed by atoms with van der Waals surface area (Å²) in [5.74, 6) is 3.17. The first-order valence-corrected chi connectivity index (χ1v) is 12.4. The highest BCUT2D eigenvalue weighted by Gasteiger charge is 2.33. The lowest BCUT2D eigenvalue weighted by atomic mass is 10.1. The van der Waals surface area contributed by atoms with Crippen molar-refractivity contribution in [2.75, 3.05) is 46.6 Å². The Morgan fingerprint density at radius 3 is 2.67 bits per heavy atom. The van der Waals surface area contributed by atoms with Crippen LogP contribution in [0.3, 0.4) is 0 Å². The highest BCUT2D eigenvalue weighted by atomic mass is 16.5. The van der Waals surface area contributed by atoms with E-state index < -0.39 is 5.60 Å². The van der Waals surface area contributed by atoms with Crippen LogP contribution in [-0.2, 0) is 17.8 Å². The van der Waals surface area contributed by atoms with Gasteiger partial charge in [0.25, 0.3) is 0 Å². The van der Waals surface area contributed by atoms with E-state index in [-0.39, 0.29) is 13.2 Å². The Kier molecular flexibility index (Phi) is 8.85. The molecule has 36 heavy (non-hydrogen) atoms. The number of aromatic nitrogens is 2. The second-order valence-corrected chi connectivity index (χ2v) is 9.44. The zero-order chi connectivity index (χ0) is 25.4. The van der Waals surface area contributed by atoms with Gasteiger partial charge in [-0.1, -0.05) is 23.8 Å². The minimum Gasteiger partial charge on any atom is -0.493 e. The molecule has 0 unspecified atom stereocenters. The third kappa shape index (κ3) is 7.22. The predicted octanol–water partition coefficient (Wildman–Crippen LogP) is 3.62. The van der Waals surface area contributed by atoms with Crippen molar-refractivity contribution in [2.24, 2.45) is 0 Å². The largest absolute Gasteiger partial charge is 0.493 e. The van der Waals surface area contributed by atoms with E-state index in [9.17, 15) is 5.11 Å². The molecule has 1 fully saturated rings. The Balaban J connectivity index is 1.34. The molecule has 2 aromatic carbocycles. The van der Waals surface area contributed by atoms with Gasteiger partial charge in [0, 0.05) is 38.6 Å². The van der Waals surface area contributed by atoms with Crippen LogP contribution < -0.4 is 14.2 Å². The van der Waals surface area contributed by atoms with Crippen LogP contribution in [0, 0.1) is 13.8 Å². The number of ether oxygens (including phenoxy) is 4. The van der Waals surface area contributed by atoms with Gasteiger partial charge >= 0.3 is 0 Å². The average Bonchev–Trinajstić information content (AvgIpc) is 3.19. The molecule has 0 radical (unpaired) electrons. The number of aliphatic hydroxyl groups is 1. The molecule has 8 nitrogen and oxygen atoms in total. The molecule has 194 valence electrons. The van der Waals surface area contributed by atoms with E-state index in [4.69, 9.17) is 18.9 Å². The first-order chi connectivity index (χ1) is 17.4. The number of aryl methyl sites for hydroxylation is 3. The van der Waals surface area contributed by atoms with Crippen molar-refractivity contribution < 1.29 is 24.1 Å². The Hall–Kier alpha value is -3.07. The van der Waals surface area contributed by atoms with Gasteiger partial charge in [-0.3, -0.25) is 4.90 Å². The van der Waals surface area contributed by atoms with Gasteiger partial charge in [0.1, 0.15) is 23.8 Å². The van der Waals surface area contributed by atoms with E-state index >= 15 is 0 Å². The van der Waals surface area contributed by atoms with Crippen LogP contribution in [0.1, 0.15) is 23.4 Å². The van der Waals surface area contributed by atoms with Crippen LogP contribution in [0.15, 0.2) is 54.9 Å². The molecule has 1 N–H and O–H groups in total. The van der Waals surface area contributed by atoms with Crippen molar-refractivity contribution >= 4 is 0 Å². The van der Waals surface area contributed by atoms with E-state index in [0.29, 0.717) is 32.1 Å². The van der Waals surface area contributed by atoms with E-state index in [1.807, 2.05) is 68.7 Å². The van der Waals surface area contributed by atoms with Crippen molar-refractivity contribution in [1.29, 1.82) is 0 Å². The minimum atomic E-state index is -1.10. The fourth-order valence-electron chi connectivity index (χ4n) is 4.32. The molecule has 4 rings (SSSR count). The lowest BCUT2D eigenvalue weighted by Crippen LogP contribution is -2.48. The topological polar surface area (TPSA) is 78.2 Å². The maximum atomic E-state index is 11.3. The zero-order valence-electron chi connectivity index (χ0n) is 21.5. The number of imidazole rings is 1. The average molecular weight is 496 g/mol. The third-order valence-electron chi connectivity index (χ3n) is 6.33. The first kappa shape index (κ1) is 26.0. The molecule has 0 aliphatic carbocycles. The summed E-state index contributed by atoms with van der Waals surface area (Å²) in [4.78, 5) is 6.45. The lowest BCUT2D eigenvalue weighted by molar-refractivity contribution is -0.0646. The Labute approximate surface area is 213 Å². The number of rotatable bonds is 11. The highest BCUT2D eigenvalue weighted by Crippen LogP contribution is 2.29. The monoisotopic (exact) mass is 495 g/mol. The van der Waals surface area contributed by atoms with Crippen LogP contribution >= 0.6 is 0 Å². The standard InChI is InChI=1S/C28H37N3O5/c1-22-5-8-25(9-6-22)36-21-28(32)19-30(14-16-34-20-28)18-24-7-10-26(33-3)27(17-24)35-15-4-12-31-13-11-29-23(31)2/h5-11,13,17,32H,4,12,14-16,18-21H2,1-3H3/t28-/m0/s1. The number of methoxy groups -OCH3 is 1. The SMILES string of the molecule is COc1ccc(CN2CCOC[C@](O)(COc3ccc(C)cc3)C2)cc1OCCCn1ccnc1C. The second kappa shape index (κ2) is 12.3. The van der Waals surface area contributed by atoms with Gasteiger partial charge in [-0.25, -0.2) is 4.98 Å². The summed E-state index contributed by atoms with van der Waals surface area (Å²) in [7, 11) is 1.65. The summed E-state index contributed by atoms with van der Waals surface area (Å²) >= 11 is 0. The van der Waals surface area contributed by atoms with Gasteiger partial charge < -0.3 is 28.6 Å². The second-order valence-electron chi connectivity index (χ2n) is 9.44. The fraction of sp³-hybridized carbons (Fsp3) is 0.464. The quantitative estimate of drug-likeness (QED) is 0.407. The van der Waals surface area contributed by atoms with Gasteiger partial charge in [0.2, 0.25) is 0 Å². The summed E-state index contributed by atoms with van der Waals surface area (Å²) in [6, 6.07) is 13.8. The van der Waals surface area contributed by atoms with Crippen LogP contribution in [-0.4, -0.2) is 71.8 Å². The maximum Gasteiger partial charge on any atom is 0.161 e. The normalized spacial score (nSPS) is 18.6. The molecule has 3 aromatic rings. The van der Waals surface area contributed by atoms with Gasteiger partial charge in [-0.05, 0) is 50.1 Å². The zero-order valence-corrected chi connectivity index (χ0v) is 21.5. The summed E-state index contributed by atoms with van der Waals surface area (Å²) in [6.07, 6.45) is 4.66. The van der Waals surface area contributed by atoms with Crippen molar-refractivity contribution in [3.8, 4) is 17.2 Å². The van der Waals surface area contributed by atoms with Gasteiger partial charge in [-0.15, -0.1) is 0 Å². The molecule has 0 amide bonds. The predicted molar refractivity (Wildman–Crippen MR) is 138 cm³/mol. The molecule has 0 saturated carbocycles. The summed E-state index contributed by atoms with van der Waals surface area (Å²) in [5, 5.41) is 11.3. The fourth-order valence-corrected chi connectivity index (χ4v) is 4.32. The minimum absolute atomic E-state index is 0.167. The molecular formula is C28H37N3O5. The van der Waals surface area contributed by atoms with Crippen molar-refractivity contribution in [3.63, 3.8) is 0 Å². The number of nitrogens with zero attached hydrogens (tertiary/aromatic N) is 3. The number of hydrogen-bond donors (Lipinski definition) is 1. The molecular weight excluding hydrogens is 458 g/mol. The Morgan fingerprint density at radius 1 is 1.08 bits per heavy atom. The van der Waals surface area contributed by atoms with Crippen molar-refractivity contribution in [3.05, 3.63) is 71.8 Å². The Bertz CT molecular complexity index is 1100. The third-order valence-corrected chi connectivity index (χ3v) is 6.33. The maximum absolute atomic E-state index is 11.3. The summed E-state index contributed by atoms with van der Waals surface area (Å²) in [6.45, 7) is 8.25. The Morgan fingerprint density at radius 2 is 1.92 bits per heavy atom. The molecule has 1 atom stereocenters. The molecule has 0 spiro atoms. The number of hydrogen-bond acceptors (Lipinski definition) is 7. The number of benzene rings is 2. The summed E-state index contributed by atoms with van der Waals surface area (Å²) in [5.41, 5.74) is 1.15. The van der Waals surface area contributed by atoms with Crippen LogP contribution in [0.5, 0.6) is 17.2 Å². The van der Waals surface area contributed by atoms with E-state index in [1.54, 1.807) is 7.11 Å². The van der Waals surface area contributed by atoms with Crippen LogP contribution in [0.2, 0.25) is 0 Å². The first-order valence-electron chi connectivity index (χ1n) is 12.4. The summed E-state index contributed by atoms with van der Waals surface area (Å²) < 4.78 is 25.3. The molecule has 0 bridgehead atoms. The van der Waals surface area contributed by atoms with E-state index in [0.717, 1.165) is 42.4 Å². The molecule has 8 heteroatoms. The lowest BCUT2D eigenvalue weighted by Gasteiger charge is -2.30. The molecule has 1 saturated heterocycles. The van der Waals surface area contributed by atoms with Crippen LogP contribution in [0.4, 0.5) is 0 Å². The molecule has 1 aliphatic rings. The van der Waals surface area contributed by atoms with Crippen LogP contribution in [0.25, 0.3) is 0 Å². The van der Waals surface area contributed by atoms with E-state index in [2.05, 4.69) is 14.5 Å². The molecule has 2 heterocycles. The van der Waals surface area contributed by atoms with Gasteiger partial charge in [0.05, 0.1) is 26.9 Å². The smallest absolute Gasteiger partial charge is 0.161 e. The molecule has 1 aromatic heterocycles. The van der Waals surface area contributed by atoms with E-state index in [1.165, 1.54) is 5.56 Å². The van der Waals surface area contributed by atoms with Crippen molar-refractivity contribution in [2.45, 2.75) is 39.0 Å². The number of β-amino-alcohol motifs (C(OH)–C–C–N with tert-alkyl or cyclic N) is 1. The van der Waals surface area contributed by atoms with Crippen molar-refractivity contribution in [1.82, 2.24) is 14.5 Å².